The number of amides is 1. The van der Waals surface area contributed by atoms with Crippen LogP contribution in [0.25, 0.3) is 11.4 Å². The minimum Gasteiger partial charge on any atom is -0.341 e. The summed E-state index contributed by atoms with van der Waals surface area (Å²) in [6, 6.07) is 18.2. The molecule has 6 heteroatoms. The van der Waals surface area contributed by atoms with Crippen LogP contribution in [0.15, 0.2) is 59.1 Å². The zero-order chi connectivity index (χ0) is 20.9. The molecule has 2 aromatic carbocycles. The first-order valence-corrected chi connectivity index (χ1v) is 10.5. The average Bonchev–Trinajstić information content (AvgIpc) is 3.23. The summed E-state index contributed by atoms with van der Waals surface area (Å²) in [7, 11) is 1.90. The third-order valence-corrected chi connectivity index (χ3v) is 5.71. The Balaban J connectivity index is 1.27. The highest BCUT2D eigenvalue weighted by molar-refractivity contribution is 5.78. The zero-order valence-corrected chi connectivity index (χ0v) is 17.6. The van der Waals surface area contributed by atoms with E-state index >= 15 is 0 Å². The molecule has 2 heterocycles. The Bertz CT molecular complexity index is 960. The van der Waals surface area contributed by atoms with Gasteiger partial charge in [0.1, 0.15) is 0 Å². The largest absolute Gasteiger partial charge is 0.341 e. The van der Waals surface area contributed by atoms with Crippen molar-refractivity contribution in [2.24, 2.45) is 5.92 Å². The van der Waals surface area contributed by atoms with Crippen molar-refractivity contribution in [3.05, 3.63) is 71.6 Å². The molecule has 1 aliphatic rings. The third-order valence-electron chi connectivity index (χ3n) is 5.71. The van der Waals surface area contributed by atoms with Gasteiger partial charge in [-0.1, -0.05) is 65.3 Å². The van der Waals surface area contributed by atoms with Crippen molar-refractivity contribution >= 4 is 5.91 Å². The van der Waals surface area contributed by atoms with Gasteiger partial charge in [-0.3, -0.25) is 9.69 Å². The van der Waals surface area contributed by atoms with Gasteiger partial charge in [0.25, 0.3) is 0 Å². The van der Waals surface area contributed by atoms with Gasteiger partial charge >= 0.3 is 0 Å². The summed E-state index contributed by atoms with van der Waals surface area (Å²) in [6.45, 7) is 5.05. The van der Waals surface area contributed by atoms with E-state index in [2.05, 4.69) is 34.1 Å². The number of nitrogens with zero attached hydrogens (tertiary/aromatic N) is 4. The maximum absolute atomic E-state index is 12.8. The molecule has 0 spiro atoms. The molecule has 0 bridgehead atoms. The van der Waals surface area contributed by atoms with Gasteiger partial charge < -0.3 is 9.42 Å². The van der Waals surface area contributed by atoms with Gasteiger partial charge in [-0.05, 0) is 38.4 Å². The highest BCUT2D eigenvalue weighted by Gasteiger charge is 2.28. The fraction of sp³-hybridized carbons (Fsp3) is 0.375. The minimum atomic E-state index is 0.0840. The summed E-state index contributed by atoms with van der Waals surface area (Å²) >= 11 is 0. The van der Waals surface area contributed by atoms with Crippen LogP contribution in [0.2, 0.25) is 0 Å². The summed E-state index contributed by atoms with van der Waals surface area (Å²) in [6.07, 6.45) is 1.72. The molecule has 3 aromatic rings. The molecule has 0 atom stereocenters. The molecule has 30 heavy (non-hydrogen) atoms. The SMILES string of the molecule is Cc1ccc(-c2noc(CN3CCC(C(=O)N(C)Cc4ccccc4)CC3)n2)cc1. The molecule has 0 N–H and O–H groups in total. The van der Waals surface area contributed by atoms with Gasteiger partial charge in [-0.15, -0.1) is 0 Å². The summed E-state index contributed by atoms with van der Waals surface area (Å²) in [5, 5.41) is 4.11. The van der Waals surface area contributed by atoms with Crippen LogP contribution < -0.4 is 0 Å². The average molecular weight is 405 g/mol. The molecule has 1 amide bonds. The lowest BCUT2D eigenvalue weighted by Gasteiger charge is -2.32. The van der Waals surface area contributed by atoms with Crippen molar-refractivity contribution in [3.63, 3.8) is 0 Å². The van der Waals surface area contributed by atoms with Gasteiger partial charge in [0.15, 0.2) is 0 Å². The Morgan fingerprint density at radius 3 is 2.50 bits per heavy atom. The Morgan fingerprint density at radius 2 is 1.80 bits per heavy atom. The van der Waals surface area contributed by atoms with E-state index in [4.69, 9.17) is 4.52 Å². The van der Waals surface area contributed by atoms with E-state index in [0.717, 1.165) is 37.1 Å². The lowest BCUT2D eigenvalue weighted by molar-refractivity contribution is -0.136. The topological polar surface area (TPSA) is 62.5 Å². The Hall–Kier alpha value is -2.99. The molecule has 1 aromatic heterocycles. The zero-order valence-electron chi connectivity index (χ0n) is 17.6. The van der Waals surface area contributed by atoms with Crippen molar-refractivity contribution < 1.29 is 9.32 Å². The number of benzene rings is 2. The number of rotatable bonds is 6. The molecule has 1 fully saturated rings. The minimum absolute atomic E-state index is 0.0840. The van der Waals surface area contributed by atoms with Crippen LogP contribution in [-0.2, 0) is 17.9 Å². The van der Waals surface area contributed by atoms with E-state index in [-0.39, 0.29) is 11.8 Å². The standard InChI is InChI=1S/C24H28N4O2/c1-18-8-10-20(11-9-18)23-25-22(30-26-23)17-28-14-12-21(13-15-28)24(29)27(2)16-19-6-4-3-5-7-19/h3-11,21H,12-17H2,1-2H3. The number of aryl methyl sites for hydroxylation is 1. The predicted octanol–water partition coefficient (Wildman–Crippen LogP) is 3.92. The van der Waals surface area contributed by atoms with Crippen molar-refractivity contribution in [1.82, 2.24) is 19.9 Å². The fourth-order valence-corrected chi connectivity index (χ4v) is 3.92. The van der Waals surface area contributed by atoms with Crippen LogP contribution in [0.4, 0.5) is 0 Å². The summed E-state index contributed by atoms with van der Waals surface area (Å²) in [5.41, 5.74) is 3.32. The van der Waals surface area contributed by atoms with Crippen molar-refractivity contribution in [3.8, 4) is 11.4 Å². The lowest BCUT2D eigenvalue weighted by Crippen LogP contribution is -2.40. The quantitative estimate of drug-likeness (QED) is 0.623. The first kappa shape index (κ1) is 20.3. The molecule has 1 saturated heterocycles. The van der Waals surface area contributed by atoms with Gasteiger partial charge in [0.05, 0.1) is 6.54 Å². The molecule has 156 valence electrons. The monoisotopic (exact) mass is 404 g/mol. The summed E-state index contributed by atoms with van der Waals surface area (Å²) < 4.78 is 5.45. The second-order valence-electron chi connectivity index (χ2n) is 8.11. The number of aromatic nitrogens is 2. The number of piperidine rings is 1. The molecule has 0 unspecified atom stereocenters. The van der Waals surface area contributed by atoms with E-state index in [1.54, 1.807) is 0 Å². The van der Waals surface area contributed by atoms with Crippen LogP contribution >= 0.6 is 0 Å². The number of carbonyl (C=O) groups excluding carboxylic acids is 1. The van der Waals surface area contributed by atoms with Crippen LogP contribution in [0.3, 0.4) is 0 Å². The maximum atomic E-state index is 12.8. The molecule has 0 radical (unpaired) electrons. The molecule has 4 rings (SSSR count). The van der Waals surface area contributed by atoms with E-state index in [9.17, 15) is 4.79 Å². The van der Waals surface area contributed by atoms with E-state index in [0.29, 0.717) is 24.8 Å². The lowest BCUT2D eigenvalue weighted by atomic mass is 9.95. The van der Waals surface area contributed by atoms with Crippen LogP contribution in [-0.4, -0.2) is 46.0 Å². The van der Waals surface area contributed by atoms with Crippen molar-refractivity contribution in [2.75, 3.05) is 20.1 Å². The summed E-state index contributed by atoms with van der Waals surface area (Å²) in [4.78, 5) is 21.5. The van der Waals surface area contributed by atoms with E-state index in [1.807, 2.05) is 54.4 Å². The smallest absolute Gasteiger partial charge is 0.241 e. The van der Waals surface area contributed by atoms with E-state index < -0.39 is 0 Å². The van der Waals surface area contributed by atoms with Gasteiger partial charge in [-0.25, -0.2) is 0 Å². The fourth-order valence-electron chi connectivity index (χ4n) is 3.92. The van der Waals surface area contributed by atoms with Crippen LogP contribution in [0, 0.1) is 12.8 Å². The van der Waals surface area contributed by atoms with Crippen molar-refractivity contribution in [2.45, 2.75) is 32.9 Å². The third kappa shape index (κ3) is 4.94. The van der Waals surface area contributed by atoms with Gasteiger partial charge in [-0.2, -0.15) is 4.98 Å². The normalized spacial score (nSPS) is 15.3. The molecule has 6 nitrogen and oxygen atoms in total. The molecule has 0 saturated carbocycles. The van der Waals surface area contributed by atoms with Gasteiger partial charge in [0.2, 0.25) is 17.6 Å². The highest BCUT2D eigenvalue weighted by atomic mass is 16.5. The molecule has 0 aliphatic carbocycles. The molecular formula is C24H28N4O2. The number of carbonyl (C=O) groups is 1. The first-order valence-electron chi connectivity index (χ1n) is 10.5. The maximum Gasteiger partial charge on any atom is 0.241 e. The molecular weight excluding hydrogens is 376 g/mol. The predicted molar refractivity (Wildman–Crippen MR) is 115 cm³/mol. The van der Waals surface area contributed by atoms with E-state index in [1.165, 1.54) is 5.56 Å². The Morgan fingerprint density at radius 1 is 1.10 bits per heavy atom. The Labute approximate surface area is 177 Å². The number of hydrogen-bond donors (Lipinski definition) is 0. The summed E-state index contributed by atoms with van der Waals surface area (Å²) in [5.74, 6) is 1.56. The first-order chi connectivity index (χ1) is 14.6. The highest BCUT2D eigenvalue weighted by Crippen LogP contribution is 2.22. The number of hydrogen-bond acceptors (Lipinski definition) is 5. The molecule has 1 aliphatic heterocycles. The second kappa shape index (κ2) is 9.22. The Kier molecular flexibility index (Phi) is 6.23. The van der Waals surface area contributed by atoms with Crippen LogP contribution in [0.5, 0.6) is 0 Å². The number of likely N-dealkylation sites (tertiary alicyclic amines) is 1. The second-order valence-corrected chi connectivity index (χ2v) is 8.11. The van der Waals surface area contributed by atoms with Crippen LogP contribution in [0.1, 0.15) is 29.9 Å². The van der Waals surface area contributed by atoms with Gasteiger partial charge in [0, 0.05) is 25.1 Å². The van der Waals surface area contributed by atoms with Crippen molar-refractivity contribution in [1.29, 1.82) is 0 Å².